The van der Waals surface area contributed by atoms with Crippen molar-refractivity contribution in [1.82, 2.24) is 9.21 Å². The third-order valence-electron chi connectivity index (χ3n) is 5.62. The fraction of sp³-hybridized carbons (Fsp3) is 0.375. The zero-order valence-electron chi connectivity index (χ0n) is 18.2. The molecule has 0 radical (unpaired) electrons. The number of sulfonamides is 1. The van der Waals surface area contributed by atoms with E-state index in [1.54, 1.807) is 35.2 Å². The molecule has 170 valence electrons. The number of rotatable bonds is 4. The van der Waals surface area contributed by atoms with Crippen molar-refractivity contribution in [2.75, 3.05) is 39.4 Å². The molecule has 0 N–H and O–H groups in total. The number of fused-ring (bicyclic) bond motifs is 1. The van der Waals surface area contributed by atoms with Crippen LogP contribution in [0.5, 0.6) is 11.5 Å². The molecule has 2 heterocycles. The van der Waals surface area contributed by atoms with Crippen LogP contribution in [0.25, 0.3) is 6.08 Å². The summed E-state index contributed by atoms with van der Waals surface area (Å²) >= 11 is 0. The number of carbonyl (C=O) groups is 1. The van der Waals surface area contributed by atoms with E-state index in [1.165, 1.54) is 10.4 Å². The Labute approximate surface area is 189 Å². The summed E-state index contributed by atoms with van der Waals surface area (Å²) in [6.07, 6.45) is 4.71. The summed E-state index contributed by atoms with van der Waals surface area (Å²) in [4.78, 5) is 14.7. The monoisotopic (exact) mass is 456 g/mol. The van der Waals surface area contributed by atoms with E-state index in [0.29, 0.717) is 50.8 Å². The van der Waals surface area contributed by atoms with Crippen molar-refractivity contribution in [2.45, 2.75) is 24.7 Å². The molecule has 0 aromatic heterocycles. The van der Waals surface area contributed by atoms with E-state index in [0.717, 1.165) is 17.5 Å². The Kier molecular flexibility index (Phi) is 6.81. The average Bonchev–Trinajstić information content (AvgIpc) is 3.18. The maximum Gasteiger partial charge on any atom is 0.246 e. The summed E-state index contributed by atoms with van der Waals surface area (Å²) in [6, 6.07) is 12.5. The number of hydrogen-bond donors (Lipinski definition) is 0. The highest BCUT2D eigenvalue weighted by Gasteiger charge is 2.27. The van der Waals surface area contributed by atoms with Gasteiger partial charge in [0.1, 0.15) is 0 Å². The molecule has 2 aromatic rings. The van der Waals surface area contributed by atoms with Gasteiger partial charge in [0.15, 0.2) is 11.5 Å². The highest BCUT2D eigenvalue weighted by atomic mass is 32.2. The molecule has 32 heavy (non-hydrogen) atoms. The Morgan fingerprint density at radius 2 is 1.66 bits per heavy atom. The number of ether oxygens (including phenoxy) is 2. The number of nitrogens with zero attached hydrogens (tertiary/aromatic N) is 2. The predicted octanol–water partition coefficient (Wildman–Crippen LogP) is 3.09. The van der Waals surface area contributed by atoms with E-state index in [9.17, 15) is 13.2 Å². The lowest BCUT2D eigenvalue weighted by Crippen LogP contribution is -2.36. The standard InChI is InChI=1S/C24H28N2O5S/c1-19-4-8-21(9-5-19)32(28,29)26-13-2-12-25(14-15-26)24(27)11-7-20-6-10-22-23(18-20)31-17-3-16-30-22/h4-11,18H,2-3,12-17H2,1H3/b11-7+. The van der Waals surface area contributed by atoms with Crippen molar-refractivity contribution in [3.63, 3.8) is 0 Å². The van der Waals surface area contributed by atoms with Crippen molar-refractivity contribution in [3.05, 3.63) is 59.7 Å². The van der Waals surface area contributed by atoms with Crippen LogP contribution in [-0.2, 0) is 14.8 Å². The van der Waals surface area contributed by atoms with Crippen LogP contribution in [0.3, 0.4) is 0 Å². The highest BCUT2D eigenvalue weighted by molar-refractivity contribution is 7.89. The van der Waals surface area contributed by atoms with Crippen molar-refractivity contribution >= 4 is 22.0 Å². The van der Waals surface area contributed by atoms with Crippen LogP contribution >= 0.6 is 0 Å². The Morgan fingerprint density at radius 3 is 2.44 bits per heavy atom. The smallest absolute Gasteiger partial charge is 0.246 e. The van der Waals surface area contributed by atoms with Crippen molar-refractivity contribution in [1.29, 1.82) is 0 Å². The summed E-state index contributed by atoms with van der Waals surface area (Å²) in [6.45, 7) is 4.71. The van der Waals surface area contributed by atoms with Gasteiger partial charge in [-0.15, -0.1) is 0 Å². The van der Waals surface area contributed by atoms with Gasteiger partial charge in [-0.05, 0) is 49.2 Å². The van der Waals surface area contributed by atoms with E-state index in [4.69, 9.17) is 9.47 Å². The Hall–Kier alpha value is -2.84. The SMILES string of the molecule is Cc1ccc(S(=O)(=O)N2CCCN(C(=O)/C=C/c3ccc4c(c3)OCCCO4)CC2)cc1. The van der Waals surface area contributed by atoms with Gasteiger partial charge in [-0.2, -0.15) is 4.31 Å². The minimum Gasteiger partial charge on any atom is -0.490 e. The molecule has 2 aromatic carbocycles. The van der Waals surface area contributed by atoms with Crippen LogP contribution in [0.1, 0.15) is 24.0 Å². The Bertz CT molecular complexity index is 1100. The number of benzene rings is 2. The fourth-order valence-electron chi connectivity index (χ4n) is 3.77. The molecule has 0 unspecified atom stereocenters. The minimum atomic E-state index is -3.57. The zero-order valence-corrected chi connectivity index (χ0v) is 19.0. The van der Waals surface area contributed by atoms with Gasteiger partial charge in [0, 0.05) is 38.7 Å². The minimum absolute atomic E-state index is 0.133. The number of carbonyl (C=O) groups excluding carboxylic acids is 1. The van der Waals surface area contributed by atoms with Gasteiger partial charge in [0.05, 0.1) is 18.1 Å². The molecule has 0 spiro atoms. The molecule has 8 heteroatoms. The van der Waals surface area contributed by atoms with Crippen molar-refractivity contribution < 1.29 is 22.7 Å². The number of hydrogen-bond acceptors (Lipinski definition) is 5. The molecular formula is C24H28N2O5S. The average molecular weight is 457 g/mol. The molecule has 1 saturated heterocycles. The molecule has 2 aliphatic heterocycles. The zero-order chi connectivity index (χ0) is 22.6. The van der Waals surface area contributed by atoms with Gasteiger partial charge >= 0.3 is 0 Å². The molecule has 2 aliphatic rings. The second kappa shape index (κ2) is 9.75. The van der Waals surface area contributed by atoms with Crippen LogP contribution in [0, 0.1) is 6.92 Å². The maximum atomic E-state index is 13.0. The largest absolute Gasteiger partial charge is 0.490 e. The first-order chi connectivity index (χ1) is 15.4. The Balaban J connectivity index is 1.39. The third kappa shape index (κ3) is 5.14. The molecule has 0 aliphatic carbocycles. The third-order valence-corrected chi connectivity index (χ3v) is 7.53. The van der Waals surface area contributed by atoms with Crippen LogP contribution in [-0.4, -0.2) is 62.9 Å². The lowest BCUT2D eigenvalue weighted by molar-refractivity contribution is -0.125. The lowest BCUT2D eigenvalue weighted by Gasteiger charge is -2.21. The first kappa shape index (κ1) is 22.4. The van der Waals surface area contributed by atoms with Gasteiger partial charge in [-0.25, -0.2) is 8.42 Å². The van der Waals surface area contributed by atoms with Gasteiger partial charge in [0.2, 0.25) is 15.9 Å². The maximum absolute atomic E-state index is 13.0. The van der Waals surface area contributed by atoms with Crippen LogP contribution in [0.2, 0.25) is 0 Å². The molecule has 0 saturated carbocycles. The summed E-state index contributed by atoms with van der Waals surface area (Å²) < 4.78 is 38.7. The Morgan fingerprint density at radius 1 is 0.906 bits per heavy atom. The van der Waals surface area contributed by atoms with E-state index < -0.39 is 10.0 Å². The summed E-state index contributed by atoms with van der Waals surface area (Å²) in [5.41, 5.74) is 1.86. The summed E-state index contributed by atoms with van der Waals surface area (Å²) in [5.74, 6) is 1.27. The lowest BCUT2D eigenvalue weighted by atomic mass is 10.2. The van der Waals surface area contributed by atoms with E-state index in [1.807, 2.05) is 25.1 Å². The van der Waals surface area contributed by atoms with Gasteiger partial charge in [-0.3, -0.25) is 4.79 Å². The molecule has 1 fully saturated rings. The van der Waals surface area contributed by atoms with E-state index >= 15 is 0 Å². The topological polar surface area (TPSA) is 76.2 Å². The summed E-state index contributed by atoms with van der Waals surface area (Å²) in [5, 5.41) is 0. The molecule has 1 amide bonds. The van der Waals surface area contributed by atoms with Crippen molar-refractivity contribution in [2.24, 2.45) is 0 Å². The molecule has 7 nitrogen and oxygen atoms in total. The first-order valence-electron chi connectivity index (χ1n) is 10.9. The second-order valence-electron chi connectivity index (χ2n) is 7.99. The molecule has 4 rings (SSSR count). The van der Waals surface area contributed by atoms with Gasteiger partial charge in [0.25, 0.3) is 0 Å². The molecular weight excluding hydrogens is 428 g/mol. The quantitative estimate of drug-likeness (QED) is 0.661. The number of aryl methyl sites for hydroxylation is 1. The number of amides is 1. The fourth-order valence-corrected chi connectivity index (χ4v) is 5.24. The molecule has 0 bridgehead atoms. The van der Waals surface area contributed by atoms with Gasteiger partial charge < -0.3 is 14.4 Å². The predicted molar refractivity (Wildman–Crippen MR) is 122 cm³/mol. The molecule has 0 atom stereocenters. The van der Waals surface area contributed by atoms with E-state index in [2.05, 4.69) is 0 Å². The van der Waals surface area contributed by atoms with Crippen LogP contribution < -0.4 is 9.47 Å². The van der Waals surface area contributed by atoms with Gasteiger partial charge in [-0.1, -0.05) is 23.8 Å². The first-order valence-corrected chi connectivity index (χ1v) is 12.3. The van der Waals surface area contributed by atoms with E-state index in [-0.39, 0.29) is 17.3 Å². The van der Waals surface area contributed by atoms with Crippen LogP contribution in [0.4, 0.5) is 0 Å². The second-order valence-corrected chi connectivity index (χ2v) is 9.92. The van der Waals surface area contributed by atoms with Crippen molar-refractivity contribution in [3.8, 4) is 11.5 Å². The normalized spacial score (nSPS) is 17.7. The summed E-state index contributed by atoms with van der Waals surface area (Å²) in [7, 11) is -3.57. The van der Waals surface area contributed by atoms with Crippen LogP contribution in [0.15, 0.2) is 53.4 Å². The highest BCUT2D eigenvalue weighted by Crippen LogP contribution is 2.30.